The van der Waals surface area contributed by atoms with Crippen LogP contribution in [0.3, 0.4) is 0 Å². The Bertz CT molecular complexity index is 376. The Hall–Kier alpha value is -1.42. The second kappa shape index (κ2) is 5.27. The summed E-state index contributed by atoms with van der Waals surface area (Å²) >= 11 is 0. The van der Waals surface area contributed by atoms with E-state index >= 15 is 0 Å². The fourth-order valence-corrected chi connectivity index (χ4v) is 2.18. The standard InChI is InChI=1S/C13H20N2O2/c1-9(11-4-3-7-15-11)17-13-8-10(14)5-6-12(13)16-2/h5-6,8-9,11,15H,3-4,7,14H2,1-2H3/t9-,11?/m1/s1. The lowest BCUT2D eigenvalue weighted by atomic mass is 10.1. The van der Waals surface area contributed by atoms with E-state index in [2.05, 4.69) is 12.2 Å². The quantitative estimate of drug-likeness (QED) is 0.783. The number of anilines is 1. The first-order valence-electron chi connectivity index (χ1n) is 6.04. The molecule has 1 heterocycles. The SMILES string of the molecule is COc1ccc(N)cc1O[C@H](C)C1CCCN1. The summed E-state index contributed by atoms with van der Waals surface area (Å²) in [7, 11) is 1.64. The van der Waals surface area contributed by atoms with Crippen molar-refractivity contribution in [3.05, 3.63) is 18.2 Å². The third kappa shape index (κ3) is 2.82. The van der Waals surface area contributed by atoms with E-state index in [4.69, 9.17) is 15.2 Å². The normalized spacial score (nSPS) is 21.2. The van der Waals surface area contributed by atoms with Crippen LogP contribution in [0, 0.1) is 0 Å². The highest BCUT2D eigenvalue weighted by Crippen LogP contribution is 2.30. The molecule has 1 aliphatic rings. The Morgan fingerprint density at radius 1 is 1.41 bits per heavy atom. The molecule has 0 bridgehead atoms. The van der Waals surface area contributed by atoms with E-state index < -0.39 is 0 Å². The van der Waals surface area contributed by atoms with Gasteiger partial charge in [-0.25, -0.2) is 0 Å². The van der Waals surface area contributed by atoms with Gasteiger partial charge in [0.1, 0.15) is 6.10 Å². The highest BCUT2D eigenvalue weighted by atomic mass is 16.5. The van der Waals surface area contributed by atoms with Gasteiger partial charge in [0.2, 0.25) is 0 Å². The first-order chi connectivity index (χ1) is 8.20. The first-order valence-corrected chi connectivity index (χ1v) is 6.04. The Balaban J connectivity index is 2.08. The van der Waals surface area contributed by atoms with Gasteiger partial charge in [-0.1, -0.05) is 0 Å². The van der Waals surface area contributed by atoms with Gasteiger partial charge < -0.3 is 20.5 Å². The van der Waals surface area contributed by atoms with Crippen LogP contribution in [-0.4, -0.2) is 25.8 Å². The summed E-state index contributed by atoms with van der Waals surface area (Å²) < 4.78 is 11.2. The maximum absolute atomic E-state index is 5.93. The maximum Gasteiger partial charge on any atom is 0.163 e. The zero-order valence-electron chi connectivity index (χ0n) is 10.4. The Kier molecular flexibility index (Phi) is 3.74. The predicted molar refractivity (Wildman–Crippen MR) is 68.5 cm³/mol. The third-order valence-corrected chi connectivity index (χ3v) is 3.17. The molecule has 1 saturated heterocycles. The van der Waals surface area contributed by atoms with Crippen molar-refractivity contribution in [1.29, 1.82) is 0 Å². The monoisotopic (exact) mass is 236 g/mol. The Morgan fingerprint density at radius 2 is 2.24 bits per heavy atom. The van der Waals surface area contributed by atoms with Crippen LogP contribution in [0.5, 0.6) is 11.5 Å². The molecule has 1 fully saturated rings. The van der Waals surface area contributed by atoms with E-state index in [0.717, 1.165) is 18.7 Å². The topological polar surface area (TPSA) is 56.5 Å². The van der Waals surface area contributed by atoms with Crippen molar-refractivity contribution in [3.63, 3.8) is 0 Å². The van der Waals surface area contributed by atoms with E-state index in [9.17, 15) is 0 Å². The molecule has 1 unspecified atom stereocenters. The molecule has 1 aromatic carbocycles. The largest absolute Gasteiger partial charge is 0.493 e. The molecule has 0 aromatic heterocycles. The average Bonchev–Trinajstić information content (AvgIpc) is 2.83. The van der Waals surface area contributed by atoms with Crippen molar-refractivity contribution >= 4 is 5.69 Å². The number of nitrogens with two attached hydrogens (primary N) is 1. The molecule has 0 saturated carbocycles. The van der Waals surface area contributed by atoms with Crippen LogP contribution >= 0.6 is 0 Å². The molecule has 0 spiro atoms. The summed E-state index contributed by atoms with van der Waals surface area (Å²) in [5.74, 6) is 1.44. The van der Waals surface area contributed by atoms with Crippen molar-refractivity contribution in [3.8, 4) is 11.5 Å². The smallest absolute Gasteiger partial charge is 0.163 e. The van der Waals surface area contributed by atoms with Crippen LogP contribution < -0.4 is 20.5 Å². The van der Waals surface area contributed by atoms with E-state index in [1.54, 1.807) is 7.11 Å². The molecule has 2 rings (SSSR count). The van der Waals surface area contributed by atoms with Gasteiger partial charge >= 0.3 is 0 Å². The minimum Gasteiger partial charge on any atom is -0.493 e. The van der Waals surface area contributed by atoms with Gasteiger partial charge in [0, 0.05) is 17.8 Å². The number of methoxy groups -OCH3 is 1. The molecular weight excluding hydrogens is 216 g/mol. The minimum absolute atomic E-state index is 0.119. The van der Waals surface area contributed by atoms with Gasteiger partial charge in [-0.2, -0.15) is 0 Å². The lowest BCUT2D eigenvalue weighted by molar-refractivity contribution is 0.173. The van der Waals surface area contributed by atoms with Gasteiger partial charge in [-0.05, 0) is 38.4 Å². The lowest BCUT2D eigenvalue weighted by Crippen LogP contribution is -2.36. The van der Waals surface area contributed by atoms with Crippen molar-refractivity contribution in [2.45, 2.75) is 31.9 Å². The van der Waals surface area contributed by atoms with Crippen LogP contribution in [0.1, 0.15) is 19.8 Å². The van der Waals surface area contributed by atoms with Gasteiger partial charge in [0.25, 0.3) is 0 Å². The van der Waals surface area contributed by atoms with Crippen molar-refractivity contribution in [1.82, 2.24) is 5.32 Å². The molecular formula is C13H20N2O2. The number of benzene rings is 1. The molecule has 0 amide bonds. The summed E-state index contributed by atoms with van der Waals surface area (Å²) in [5.41, 5.74) is 6.45. The first kappa shape index (κ1) is 12.0. The van der Waals surface area contributed by atoms with E-state index in [0.29, 0.717) is 17.5 Å². The number of nitrogen functional groups attached to an aromatic ring is 1. The zero-order valence-corrected chi connectivity index (χ0v) is 10.4. The third-order valence-electron chi connectivity index (χ3n) is 3.17. The fraction of sp³-hybridized carbons (Fsp3) is 0.538. The van der Waals surface area contributed by atoms with Crippen LogP contribution in [-0.2, 0) is 0 Å². The molecule has 17 heavy (non-hydrogen) atoms. The summed E-state index contributed by atoms with van der Waals surface area (Å²) in [6.07, 6.45) is 2.49. The van der Waals surface area contributed by atoms with E-state index in [-0.39, 0.29) is 6.10 Å². The number of rotatable bonds is 4. The molecule has 4 heteroatoms. The zero-order chi connectivity index (χ0) is 12.3. The molecule has 4 nitrogen and oxygen atoms in total. The van der Waals surface area contributed by atoms with Crippen LogP contribution in [0.15, 0.2) is 18.2 Å². The van der Waals surface area contributed by atoms with Crippen LogP contribution in [0.4, 0.5) is 5.69 Å². The Labute approximate surface area is 102 Å². The second-order valence-corrected chi connectivity index (χ2v) is 4.44. The summed E-state index contributed by atoms with van der Waals surface area (Å²) in [6.45, 7) is 3.15. The second-order valence-electron chi connectivity index (χ2n) is 4.44. The summed E-state index contributed by atoms with van der Waals surface area (Å²) in [4.78, 5) is 0. The highest BCUT2D eigenvalue weighted by molar-refractivity contribution is 5.52. The molecule has 2 atom stereocenters. The molecule has 0 radical (unpaired) electrons. The Morgan fingerprint density at radius 3 is 2.88 bits per heavy atom. The highest BCUT2D eigenvalue weighted by Gasteiger charge is 2.23. The summed E-state index contributed by atoms with van der Waals surface area (Å²) in [6, 6.07) is 5.87. The van der Waals surface area contributed by atoms with Crippen molar-refractivity contribution in [2.75, 3.05) is 19.4 Å². The lowest BCUT2D eigenvalue weighted by Gasteiger charge is -2.22. The van der Waals surface area contributed by atoms with Crippen molar-refractivity contribution < 1.29 is 9.47 Å². The molecule has 94 valence electrons. The van der Waals surface area contributed by atoms with Crippen molar-refractivity contribution in [2.24, 2.45) is 0 Å². The van der Waals surface area contributed by atoms with Gasteiger partial charge in [0.15, 0.2) is 11.5 Å². The molecule has 1 aromatic rings. The minimum atomic E-state index is 0.119. The average molecular weight is 236 g/mol. The molecule has 1 aliphatic heterocycles. The number of hydrogen-bond acceptors (Lipinski definition) is 4. The number of ether oxygens (including phenoxy) is 2. The van der Waals surface area contributed by atoms with Gasteiger partial charge in [-0.15, -0.1) is 0 Å². The van der Waals surface area contributed by atoms with Gasteiger partial charge in [-0.3, -0.25) is 0 Å². The summed E-state index contributed by atoms with van der Waals surface area (Å²) in [5, 5.41) is 3.43. The van der Waals surface area contributed by atoms with E-state index in [1.165, 1.54) is 6.42 Å². The van der Waals surface area contributed by atoms with E-state index in [1.807, 2.05) is 18.2 Å². The maximum atomic E-state index is 5.93. The van der Waals surface area contributed by atoms with Crippen LogP contribution in [0.2, 0.25) is 0 Å². The van der Waals surface area contributed by atoms with Crippen LogP contribution in [0.25, 0.3) is 0 Å². The predicted octanol–water partition coefficient (Wildman–Crippen LogP) is 1.80. The molecule has 0 aliphatic carbocycles. The number of hydrogen-bond donors (Lipinski definition) is 2. The fourth-order valence-electron chi connectivity index (χ4n) is 2.18. The molecule has 3 N–H and O–H groups in total. The number of nitrogens with one attached hydrogen (secondary N) is 1. The van der Waals surface area contributed by atoms with Gasteiger partial charge in [0.05, 0.1) is 7.11 Å².